The monoisotopic (exact) mass is 332 g/mol. The van der Waals surface area contributed by atoms with E-state index in [9.17, 15) is 5.11 Å². The van der Waals surface area contributed by atoms with Gasteiger partial charge in [-0.15, -0.1) is 0 Å². The maximum atomic E-state index is 9.56. The fourth-order valence-electron chi connectivity index (χ4n) is 2.36. The van der Waals surface area contributed by atoms with Gasteiger partial charge in [0.1, 0.15) is 11.6 Å². The Hall–Kier alpha value is -1.97. The van der Waals surface area contributed by atoms with E-state index in [1.165, 1.54) is 0 Å². The smallest absolute Gasteiger partial charge is 0.115 e. The third-order valence-corrected chi connectivity index (χ3v) is 4.30. The summed E-state index contributed by atoms with van der Waals surface area (Å²) in [6, 6.07) is 12.8. The first-order valence-corrected chi connectivity index (χ1v) is 7.60. The van der Waals surface area contributed by atoms with Crippen LogP contribution < -0.4 is 0 Å². The van der Waals surface area contributed by atoms with Gasteiger partial charge in [0, 0.05) is 25.4 Å². The van der Waals surface area contributed by atoms with Gasteiger partial charge in [-0.2, -0.15) is 0 Å². The summed E-state index contributed by atoms with van der Waals surface area (Å²) in [5, 5.41) is 10.7. The number of phenolic OH excluding ortho intramolecular Hbond substituents is 1. The highest BCUT2D eigenvalue weighted by Gasteiger charge is 2.10. The van der Waals surface area contributed by atoms with Gasteiger partial charge < -0.3 is 9.67 Å². The van der Waals surface area contributed by atoms with Crippen molar-refractivity contribution in [3.05, 3.63) is 81.9 Å². The Kier molecular flexibility index (Phi) is 4.36. The maximum Gasteiger partial charge on any atom is 0.115 e. The molecule has 0 radical (unpaired) electrons. The molecular formula is C17H14Cl2N2O. The Balaban J connectivity index is 1.85. The molecular weight excluding hydrogens is 319 g/mol. The zero-order chi connectivity index (χ0) is 15.5. The minimum absolute atomic E-state index is 0.261. The Bertz CT molecular complexity index is 799. The van der Waals surface area contributed by atoms with Gasteiger partial charge in [-0.25, -0.2) is 4.98 Å². The highest BCUT2D eigenvalue weighted by molar-refractivity contribution is 6.42. The number of rotatable bonds is 4. The van der Waals surface area contributed by atoms with E-state index < -0.39 is 0 Å². The summed E-state index contributed by atoms with van der Waals surface area (Å²) in [6.07, 6.45) is 4.28. The van der Waals surface area contributed by atoms with Crippen molar-refractivity contribution in [3.8, 4) is 5.75 Å². The molecule has 2 aromatic carbocycles. The molecule has 0 bridgehead atoms. The van der Waals surface area contributed by atoms with Crippen LogP contribution in [-0.2, 0) is 13.0 Å². The van der Waals surface area contributed by atoms with Crippen molar-refractivity contribution >= 4 is 23.2 Å². The molecule has 0 saturated carbocycles. The Morgan fingerprint density at radius 1 is 1.09 bits per heavy atom. The lowest BCUT2D eigenvalue weighted by molar-refractivity contribution is 0.474. The molecule has 0 aliphatic carbocycles. The second-order valence-electron chi connectivity index (χ2n) is 5.03. The molecule has 112 valence electrons. The fraction of sp³-hybridized carbons (Fsp3) is 0.118. The second kappa shape index (κ2) is 6.42. The van der Waals surface area contributed by atoms with Crippen molar-refractivity contribution in [2.45, 2.75) is 13.0 Å². The fourth-order valence-corrected chi connectivity index (χ4v) is 2.74. The van der Waals surface area contributed by atoms with E-state index in [1.54, 1.807) is 24.4 Å². The molecule has 0 aliphatic rings. The molecule has 0 amide bonds. The lowest BCUT2D eigenvalue weighted by Gasteiger charge is -2.10. The summed E-state index contributed by atoms with van der Waals surface area (Å²) >= 11 is 12.3. The zero-order valence-corrected chi connectivity index (χ0v) is 13.2. The van der Waals surface area contributed by atoms with Crippen LogP contribution in [0.5, 0.6) is 5.75 Å². The van der Waals surface area contributed by atoms with E-state index in [0.29, 0.717) is 23.0 Å². The predicted octanol–water partition coefficient (Wildman–Crippen LogP) is 4.53. The van der Waals surface area contributed by atoms with Gasteiger partial charge in [0.25, 0.3) is 0 Å². The minimum atomic E-state index is 0.261. The molecule has 5 heteroatoms. The molecule has 3 nitrogen and oxygen atoms in total. The van der Waals surface area contributed by atoms with E-state index in [2.05, 4.69) is 4.98 Å². The van der Waals surface area contributed by atoms with E-state index in [0.717, 1.165) is 17.0 Å². The first-order valence-electron chi connectivity index (χ1n) is 6.84. The van der Waals surface area contributed by atoms with Crippen LogP contribution in [0.2, 0.25) is 10.0 Å². The number of hydrogen-bond acceptors (Lipinski definition) is 2. The van der Waals surface area contributed by atoms with E-state index in [4.69, 9.17) is 23.2 Å². The number of nitrogens with zero attached hydrogens (tertiary/aromatic N) is 2. The van der Waals surface area contributed by atoms with Crippen molar-refractivity contribution < 1.29 is 5.11 Å². The first-order chi connectivity index (χ1) is 10.6. The van der Waals surface area contributed by atoms with Gasteiger partial charge >= 0.3 is 0 Å². The highest BCUT2D eigenvalue weighted by Crippen LogP contribution is 2.27. The van der Waals surface area contributed by atoms with Crippen LogP contribution in [0, 0.1) is 0 Å². The standard InChI is InChI=1S/C17H14Cl2N2O/c18-15-6-2-4-13(17(15)19)10-16-20-7-8-21(16)11-12-3-1-5-14(22)9-12/h1-9,22H,10-11H2. The molecule has 0 aliphatic heterocycles. The predicted molar refractivity (Wildman–Crippen MR) is 88.7 cm³/mol. The van der Waals surface area contributed by atoms with E-state index >= 15 is 0 Å². The van der Waals surface area contributed by atoms with Crippen LogP contribution >= 0.6 is 23.2 Å². The molecule has 0 unspecified atom stereocenters. The molecule has 0 spiro atoms. The molecule has 3 aromatic rings. The Morgan fingerprint density at radius 2 is 1.91 bits per heavy atom. The topological polar surface area (TPSA) is 38.0 Å². The summed E-state index contributed by atoms with van der Waals surface area (Å²) in [5.41, 5.74) is 1.95. The lowest BCUT2D eigenvalue weighted by Crippen LogP contribution is -2.05. The largest absolute Gasteiger partial charge is 0.508 e. The molecule has 1 N–H and O–H groups in total. The number of hydrogen-bond donors (Lipinski definition) is 1. The van der Waals surface area contributed by atoms with Crippen LogP contribution in [0.4, 0.5) is 0 Å². The van der Waals surface area contributed by atoms with Crippen molar-refractivity contribution in [2.75, 3.05) is 0 Å². The first kappa shape index (κ1) is 14.9. The molecule has 1 heterocycles. The number of aromatic hydroxyl groups is 1. The third kappa shape index (κ3) is 3.26. The van der Waals surface area contributed by atoms with Crippen molar-refractivity contribution in [3.63, 3.8) is 0 Å². The van der Waals surface area contributed by atoms with Gasteiger partial charge in [0.15, 0.2) is 0 Å². The molecule has 3 rings (SSSR count). The zero-order valence-electron chi connectivity index (χ0n) is 11.7. The molecule has 1 aromatic heterocycles. The van der Waals surface area contributed by atoms with Crippen LogP contribution in [0.1, 0.15) is 17.0 Å². The molecule has 0 atom stereocenters. The Morgan fingerprint density at radius 3 is 2.73 bits per heavy atom. The molecule has 22 heavy (non-hydrogen) atoms. The average molecular weight is 333 g/mol. The van der Waals surface area contributed by atoms with Crippen molar-refractivity contribution in [2.24, 2.45) is 0 Å². The summed E-state index contributed by atoms with van der Waals surface area (Å²) in [4.78, 5) is 4.40. The quantitative estimate of drug-likeness (QED) is 0.761. The summed E-state index contributed by atoms with van der Waals surface area (Å²) < 4.78 is 2.03. The lowest BCUT2D eigenvalue weighted by atomic mass is 10.1. The van der Waals surface area contributed by atoms with Crippen LogP contribution in [0.25, 0.3) is 0 Å². The van der Waals surface area contributed by atoms with Crippen molar-refractivity contribution in [1.29, 1.82) is 0 Å². The number of imidazole rings is 1. The molecule has 0 saturated heterocycles. The normalized spacial score (nSPS) is 10.8. The van der Waals surface area contributed by atoms with Gasteiger partial charge in [0.2, 0.25) is 0 Å². The van der Waals surface area contributed by atoms with Gasteiger partial charge in [-0.1, -0.05) is 47.5 Å². The number of benzene rings is 2. The summed E-state index contributed by atoms with van der Waals surface area (Å²) in [5.74, 6) is 1.16. The second-order valence-corrected chi connectivity index (χ2v) is 5.82. The SMILES string of the molecule is Oc1cccc(Cn2ccnc2Cc2cccc(Cl)c2Cl)c1. The summed E-state index contributed by atoms with van der Waals surface area (Å²) in [7, 11) is 0. The van der Waals surface area contributed by atoms with E-state index in [1.807, 2.05) is 35.0 Å². The average Bonchev–Trinajstić information content (AvgIpc) is 2.91. The Labute approximate surface area is 138 Å². The van der Waals surface area contributed by atoms with Gasteiger partial charge in [0.05, 0.1) is 10.0 Å². The number of aromatic nitrogens is 2. The third-order valence-electron chi connectivity index (χ3n) is 3.45. The number of halogens is 2. The summed E-state index contributed by atoms with van der Waals surface area (Å²) in [6.45, 7) is 0.641. The van der Waals surface area contributed by atoms with Crippen molar-refractivity contribution in [1.82, 2.24) is 9.55 Å². The highest BCUT2D eigenvalue weighted by atomic mass is 35.5. The maximum absolute atomic E-state index is 9.56. The van der Waals surface area contributed by atoms with Gasteiger partial charge in [-0.05, 0) is 29.3 Å². The molecule has 0 fully saturated rings. The van der Waals surface area contributed by atoms with Crippen LogP contribution in [0.3, 0.4) is 0 Å². The minimum Gasteiger partial charge on any atom is -0.508 e. The van der Waals surface area contributed by atoms with E-state index in [-0.39, 0.29) is 5.75 Å². The van der Waals surface area contributed by atoms with Crippen LogP contribution in [-0.4, -0.2) is 14.7 Å². The number of phenols is 1. The van der Waals surface area contributed by atoms with Gasteiger partial charge in [-0.3, -0.25) is 0 Å². The van der Waals surface area contributed by atoms with Crippen LogP contribution in [0.15, 0.2) is 54.9 Å².